The Hall–Kier alpha value is -1.13. The zero-order valence-corrected chi connectivity index (χ0v) is 9.57. The summed E-state index contributed by atoms with van der Waals surface area (Å²) in [5.41, 5.74) is 2.28. The minimum atomic E-state index is 0.0195. The molecule has 0 atom stereocenters. The van der Waals surface area contributed by atoms with Crippen LogP contribution < -0.4 is 10.1 Å². The van der Waals surface area contributed by atoms with E-state index in [9.17, 15) is 0 Å². The van der Waals surface area contributed by atoms with Crippen LogP contribution in [0.25, 0.3) is 0 Å². The topological polar surface area (TPSA) is 54.4 Å². The van der Waals surface area contributed by atoms with Gasteiger partial charge in [0.1, 0.15) is 6.61 Å². The summed E-state index contributed by atoms with van der Waals surface area (Å²) in [5.74, 6) is 0.629. The zero-order chi connectivity index (χ0) is 11.4. The van der Waals surface area contributed by atoms with Gasteiger partial charge in [-0.25, -0.2) is 4.98 Å². The van der Waals surface area contributed by atoms with Gasteiger partial charge in [0.05, 0.1) is 6.61 Å². The van der Waals surface area contributed by atoms with Crippen LogP contribution in [0.2, 0.25) is 0 Å². The van der Waals surface area contributed by atoms with Gasteiger partial charge in [0.2, 0.25) is 5.88 Å². The normalized spacial score (nSPS) is 15.1. The second kappa shape index (κ2) is 5.27. The van der Waals surface area contributed by atoms with Crippen LogP contribution in [0.4, 0.5) is 0 Å². The van der Waals surface area contributed by atoms with Crippen molar-refractivity contribution in [2.24, 2.45) is 0 Å². The number of aliphatic hydroxyl groups is 1. The molecule has 0 amide bonds. The second-order valence-corrected chi connectivity index (χ2v) is 4.13. The highest BCUT2D eigenvalue weighted by Crippen LogP contribution is 2.22. The van der Waals surface area contributed by atoms with Crippen molar-refractivity contribution >= 4 is 0 Å². The summed E-state index contributed by atoms with van der Waals surface area (Å²) in [7, 11) is 0. The van der Waals surface area contributed by atoms with Gasteiger partial charge in [-0.1, -0.05) is 0 Å². The van der Waals surface area contributed by atoms with Crippen LogP contribution in [0, 0.1) is 6.92 Å². The maximum absolute atomic E-state index is 8.71. The molecule has 88 valence electrons. The molecule has 1 fully saturated rings. The first-order valence-corrected chi connectivity index (χ1v) is 5.73. The second-order valence-electron chi connectivity index (χ2n) is 4.13. The standard InChI is InChI=1S/C12H18N2O2/c1-9-10(8-14-11-2-3-11)4-5-13-12(9)16-7-6-15/h4-5,11,14-15H,2-3,6-8H2,1H3. The molecule has 0 unspecified atom stereocenters. The molecule has 16 heavy (non-hydrogen) atoms. The monoisotopic (exact) mass is 222 g/mol. The fourth-order valence-electron chi connectivity index (χ4n) is 1.58. The minimum Gasteiger partial charge on any atom is -0.475 e. The van der Waals surface area contributed by atoms with Gasteiger partial charge in [0.15, 0.2) is 0 Å². The van der Waals surface area contributed by atoms with Gasteiger partial charge in [0, 0.05) is 24.3 Å². The minimum absolute atomic E-state index is 0.0195. The van der Waals surface area contributed by atoms with E-state index in [0.29, 0.717) is 18.5 Å². The number of ether oxygens (including phenoxy) is 1. The van der Waals surface area contributed by atoms with Crippen molar-refractivity contribution < 1.29 is 9.84 Å². The Kier molecular flexibility index (Phi) is 3.74. The molecule has 4 nitrogen and oxygen atoms in total. The summed E-state index contributed by atoms with van der Waals surface area (Å²) in [4.78, 5) is 4.16. The number of hydrogen-bond acceptors (Lipinski definition) is 4. The average molecular weight is 222 g/mol. The highest BCUT2D eigenvalue weighted by molar-refractivity contribution is 5.33. The van der Waals surface area contributed by atoms with Crippen molar-refractivity contribution in [1.29, 1.82) is 0 Å². The summed E-state index contributed by atoms with van der Waals surface area (Å²) in [6, 6.07) is 2.71. The smallest absolute Gasteiger partial charge is 0.216 e. The van der Waals surface area contributed by atoms with Gasteiger partial charge in [0.25, 0.3) is 0 Å². The Bertz CT molecular complexity index is 351. The van der Waals surface area contributed by atoms with Gasteiger partial charge >= 0.3 is 0 Å². The number of nitrogens with zero attached hydrogens (tertiary/aromatic N) is 1. The largest absolute Gasteiger partial charge is 0.475 e. The molecule has 0 saturated heterocycles. The fourth-order valence-corrected chi connectivity index (χ4v) is 1.58. The third-order valence-electron chi connectivity index (χ3n) is 2.76. The van der Waals surface area contributed by atoms with E-state index < -0.39 is 0 Å². The van der Waals surface area contributed by atoms with E-state index in [4.69, 9.17) is 9.84 Å². The SMILES string of the molecule is Cc1c(CNC2CC2)ccnc1OCCO. The number of hydrogen-bond donors (Lipinski definition) is 2. The van der Waals surface area contributed by atoms with Crippen LogP contribution in [-0.4, -0.2) is 29.3 Å². The van der Waals surface area contributed by atoms with Crippen LogP contribution in [0.5, 0.6) is 5.88 Å². The molecular weight excluding hydrogens is 204 g/mol. The van der Waals surface area contributed by atoms with Gasteiger partial charge < -0.3 is 15.2 Å². The number of aliphatic hydroxyl groups excluding tert-OH is 1. The molecule has 0 aliphatic heterocycles. The maximum atomic E-state index is 8.71. The molecule has 1 saturated carbocycles. The van der Waals surface area contributed by atoms with Crippen LogP contribution in [0.3, 0.4) is 0 Å². The van der Waals surface area contributed by atoms with Crippen molar-refractivity contribution in [3.8, 4) is 5.88 Å². The first-order chi connectivity index (χ1) is 7.81. The van der Waals surface area contributed by atoms with Crippen LogP contribution in [-0.2, 0) is 6.54 Å². The molecular formula is C12H18N2O2. The average Bonchev–Trinajstić information content (AvgIpc) is 3.10. The van der Waals surface area contributed by atoms with E-state index in [1.54, 1.807) is 6.20 Å². The van der Waals surface area contributed by atoms with Gasteiger partial charge in [-0.15, -0.1) is 0 Å². The molecule has 1 heterocycles. The molecule has 0 aromatic carbocycles. The molecule has 1 aliphatic rings. The van der Waals surface area contributed by atoms with Gasteiger partial charge in [-0.05, 0) is 31.4 Å². The lowest BCUT2D eigenvalue weighted by Gasteiger charge is -2.11. The maximum Gasteiger partial charge on any atom is 0.216 e. The van der Waals surface area contributed by atoms with E-state index >= 15 is 0 Å². The zero-order valence-electron chi connectivity index (χ0n) is 9.57. The molecule has 1 aromatic heterocycles. The summed E-state index contributed by atoms with van der Waals surface area (Å²) >= 11 is 0. The quantitative estimate of drug-likeness (QED) is 0.754. The first kappa shape index (κ1) is 11.4. The predicted molar refractivity (Wildman–Crippen MR) is 61.4 cm³/mol. The van der Waals surface area contributed by atoms with Crippen molar-refractivity contribution in [3.63, 3.8) is 0 Å². The molecule has 2 rings (SSSR count). The number of aromatic nitrogens is 1. The molecule has 2 N–H and O–H groups in total. The fraction of sp³-hybridized carbons (Fsp3) is 0.583. The van der Waals surface area contributed by atoms with E-state index in [1.807, 2.05) is 13.0 Å². The van der Waals surface area contributed by atoms with Crippen molar-refractivity contribution in [3.05, 3.63) is 23.4 Å². The van der Waals surface area contributed by atoms with E-state index in [2.05, 4.69) is 10.3 Å². The summed E-state index contributed by atoms with van der Waals surface area (Å²) in [6.45, 7) is 3.19. The summed E-state index contributed by atoms with van der Waals surface area (Å²) < 4.78 is 5.36. The van der Waals surface area contributed by atoms with Gasteiger partial charge in [-0.3, -0.25) is 0 Å². The lowest BCUT2D eigenvalue weighted by atomic mass is 10.1. The molecule has 0 spiro atoms. The van der Waals surface area contributed by atoms with Crippen LogP contribution >= 0.6 is 0 Å². The number of rotatable bonds is 6. The highest BCUT2D eigenvalue weighted by atomic mass is 16.5. The van der Waals surface area contributed by atoms with Gasteiger partial charge in [-0.2, -0.15) is 0 Å². The van der Waals surface area contributed by atoms with Crippen molar-refractivity contribution in [2.45, 2.75) is 32.4 Å². The Morgan fingerprint density at radius 1 is 1.56 bits per heavy atom. The lowest BCUT2D eigenvalue weighted by molar-refractivity contribution is 0.195. The molecule has 1 aliphatic carbocycles. The Labute approximate surface area is 95.7 Å². The van der Waals surface area contributed by atoms with E-state index in [0.717, 1.165) is 12.1 Å². The summed E-state index contributed by atoms with van der Waals surface area (Å²) in [6.07, 6.45) is 4.33. The number of nitrogens with one attached hydrogen (secondary N) is 1. The molecule has 4 heteroatoms. The Morgan fingerprint density at radius 2 is 2.38 bits per heavy atom. The lowest BCUT2D eigenvalue weighted by Crippen LogP contribution is -2.16. The first-order valence-electron chi connectivity index (χ1n) is 5.73. The van der Waals surface area contributed by atoms with Crippen LogP contribution in [0.1, 0.15) is 24.0 Å². The number of pyridine rings is 1. The highest BCUT2D eigenvalue weighted by Gasteiger charge is 2.20. The summed E-state index contributed by atoms with van der Waals surface area (Å²) in [5, 5.41) is 12.2. The van der Waals surface area contributed by atoms with E-state index in [1.165, 1.54) is 18.4 Å². The van der Waals surface area contributed by atoms with E-state index in [-0.39, 0.29) is 6.61 Å². The molecule has 0 bridgehead atoms. The third kappa shape index (κ3) is 2.93. The Balaban J connectivity index is 1.99. The van der Waals surface area contributed by atoms with Crippen molar-refractivity contribution in [1.82, 2.24) is 10.3 Å². The Morgan fingerprint density at radius 3 is 3.06 bits per heavy atom. The molecule has 1 aromatic rings. The predicted octanol–water partition coefficient (Wildman–Crippen LogP) is 1.01. The molecule has 0 radical (unpaired) electrons. The van der Waals surface area contributed by atoms with Crippen molar-refractivity contribution in [2.75, 3.05) is 13.2 Å². The van der Waals surface area contributed by atoms with Crippen LogP contribution in [0.15, 0.2) is 12.3 Å². The third-order valence-corrected chi connectivity index (χ3v) is 2.76.